The molecule has 2 aromatic rings. The SMILES string of the molecule is COc1cccc(C(C)Nc2ccc(C)c(I)c2)c1. The lowest BCUT2D eigenvalue weighted by atomic mass is 10.1. The van der Waals surface area contributed by atoms with E-state index in [0.717, 1.165) is 11.4 Å². The number of hydrogen-bond donors (Lipinski definition) is 1. The summed E-state index contributed by atoms with van der Waals surface area (Å²) in [6, 6.07) is 14.8. The van der Waals surface area contributed by atoms with Crippen LogP contribution in [0.15, 0.2) is 42.5 Å². The number of benzene rings is 2. The number of hydrogen-bond acceptors (Lipinski definition) is 2. The molecule has 0 amide bonds. The van der Waals surface area contributed by atoms with Crippen molar-refractivity contribution in [3.05, 3.63) is 57.2 Å². The minimum absolute atomic E-state index is 0.244. The summed E-state index contributed by atoms with van der Waals surface area (Å²) in [5, 5.41) is 3.52. The van der Waals surface area contributed by atoms with Crippen LogP contribution >= 0.6 is 22.6 Å². The van der Waals surface area contributed by atoms with Gasteiger partial charge < -0.3 is 10.1 Å². The third-order valence-electron chi connectivity index (χ3n) is 3.15. The van der Waals surface area contributed by atoms with Crippen molar-refractivity contribution >= 4 is 28.3 Å². The minimum Gasteiger partial charge on any atom is -0.497 e. The van der Waals surface area contributed by atoms with Gasteiger partial charge >= 0.3 is 0 Å². The van der Waals surface area contributed by atoms with E-state index in [1.807, 2.05) is 12.1 Å². The van der Waals surface area contributed by atoms with Crippen molar-refractivity contribution < 1.29 is 4.74 Å². The van der Waals surface area contributed by atoms with Crippen LogP contribution < -0.4 is 10.1 Å². The van der Waals surface area contributed by atoms with Gasteiger partial charge in [0.05, 0.1) is 7.11 Å². The molecule has 0 saturated carbocycles. The topological polar surface area (TPSA) is 21.3 Å². The van der Waals surface area contributed by atoms with Crippen LogP contribution in [0, 0.1) is 10.5 Å². The van der Waals surface area contributed by atoms with Crippen LogP contribution in [0.1, 0.15) is 24.1 Å². The van der Waals surface area contributed by atoms with Gasteiger partial charge in [-0.15, -0.1) is 0 Å². The first kappa shape index (κ1) is 14.2. The molecule has 0 aliphatic carbocycles. The van der Waals surface area contributed by atoms with E-state index in [2.05, 4.69) is 72.1 Å². The molecule has 0 aromatic heterocycles. The third kappa shape index (κ3) is 3.62. The first-order chi connectivity index (χ1) is 9.10. The molecule has 2 aromatic carbocycles. The molecule has 1 N–H and O–H groups in total. The van der Waals surface area contributed by atoms with Crippen LogP contribution in [0.3, 0.4) is 0 Å². The van der Waals surface area contributed by atoms with E-state index in [9.17, 15) is 0 Å². The summed E-state index contributed by atoms with van der Waals surface area (Å²) in [6.07, 6.45) is 0. The standard InChI is InChI=1S/C16H18INO/c1-11-7-8-14(10-16(11)17)18-12(2)13-5-4-6-15(9-13)19-3/h4-10,12,18H,1-3H3. The third-order valence-corrected chi connectivity index (χ3v) is 4.31. The number of halogens is 1. The van der Waals surface area contributed by atoms with Gasteiger partial charge in [0, 0.05) is 15.3 Å². The van der Waals surface area contributed by atoms with Gasteiger partial charge in [-0.05, 0) is 71.8 Å². The summed E-state index contributed by atoms with van der Waals surface area (Å²) in [6.45, 7) is 4.28. The van der Waals surface area contributed by atoms with Crippen LogP contribution in [0.5, 0.6) is 5.75 Å². The fraction of sp³-hybridized carbons (Fsp3) is 0.250. The maximum Gasteiger partial charge on any atom is 0.119 e. The lowest BCUT2D eigenvalue weighted by Crippen LogP contribution is -2.07. The van der Waals surface area contributed by atoms with Gasteiger partial charge in [0.1, 0.15) is 5.75 Å². The van der Waals surface area contributed by atoms with Crippen LogP contribution in [0.25, 0.3) is 0 Å². The van der Waals surface area contributed by atoms with Crippen molar-refractivity contribution in [1.82, 2.24) is 0 Å². The second-order valence-electron chi connectivity index (χ2n) is 4.61. The van der Waals surface area contributed by atoms with E-state index in [1.54, 1.807) is 7.11 Å². The van der Waals surface area contributed by atoms with Gasteiger partial charge in [-0.2, -0.15) is 0 Å². The molecular weight excluding hydrogens is 349 g/mol. The van der Waals surface area contributed by atoms with Crippen LogP contribution in [-0.4, -0.2) is 7.11 Å². The molecular formula is C16H18INO. The number of anilines is 1. The van der Waals surface area contributed by atoms with E-state index in [4.69, 9.17) is 4.74 Å². The molecule has 0 spiro atoms. The lowest BCUT2D eigenvalue weighted by Gasteiger charge is -2.17. The van der Waals surface area contributed by atoms with Gasteiger partial charge in [0.25, 0.3) is 0 Å². The Morgan fingerprint density at radius 2 is 1.95 bits per heavy atom. The molecule has 2 rings (SSSR count). The first-order valence-electron chi connectivity index (χ1n) is 6.27. The number of methoxy groups -OCH3 is 1. The average Bonchev–Trinajstić information content (AvgIpc) is 2.43. The van der Waals surface area contributed by atoms with Crippen LogP contribution in [0.4, 0.5) is 5.69 Å². The average molecular weight is 367 g/mol. The second kappa shape index (κ2) is 6.28. The summed E-state index contributed by atoms with van der Waals surface area (Å²) in [5.74, 6) is 0.893. The van der Waals surface area contributed by atoms with E-state index in [1.165, 1.54) is 14.7 Å². The predicted octanol–water partition coefficient (Wildman–Crippen LogP) is 4.78. The highest BCUT2D eigenvalue weighted by Crippen LogP contribution is 2.24. The molecule has 100 valence electrons. The van der Waals surface area contributed by atoms with Gasteiger partial charge in [0.2, 0.25) is 0 Å². The van der Waals surface area contributed by atoms with Gasteiger partial charge in [0.15, 0.2) is 0 Å². The quantitative estimate of drug-likeness (QED) is 0.786. The molecule has 0 aliphatic rings. The zero-order valence-corrected chi connectivity index (χ0v) is 13.6. The number of nitrogens with one attached hydrogen (secondary N) is 1. The lowest BCUT2D eigenvalue weighted by molar-refractivity contribution is 0.414. The van der Waals surface area contributed by atoms with Gasteiger partial charge in [-0.3, -0.25) is 0 Å². The molecule has 0 aliphatic heterocycles. The molecule has 3 heteroatoms. The fourth-order valence-electron chi connectivity index (χ4n) is 1.93. The van der Waals surface area contributed by atoms with Crippen LogP contribution in [0.2, 0.25) is 0 Å². The van der Waals surface area contributed by atoms with Crippen molar-refractivity contribution in [1.29, 1.82) is 0 Å². The van der Waals surface area contributed by atoms with Gasteiger partial charge in [-0.25, -0.2) is 0 Å². The Bertz CT molecular complexity index is 568. The summed E-state index contributed by atoms with van der Waals surface area (Å²) in [7, 11) is 1.69. The van der Waals surface area contributed by atoms with E-state index < -0.39 is 0 Å². The van der Waals surface area contributed by atoms with Crippen molar-refractivity contribution in [3.63, 3.8) is 0 Å². The molecule has 0 heterocycles. The number of rotatable bonds is 4. The molecule has 0 bridgehead atoms. The zero-order valence-electron chi connectivity index (χ0n) is 11.4. The Kier molecular flexibility index (Phi) is 4.69. The predicted molar refractivity (Wildman–Crippen MR) is 88.9 cm³/mol. The fourth-order valence-corrected chi connectivity index (χ4v) is 2.44. The molecule has 0 saturated heterocycles. The first-order valence-corrected chi connectivity index (χ1v) is 7.34. The van der Waals surface area contributed by atoms with E-state index >= 15 is 0 Å². The Morgan fingerprint density at radius 3 is 2.63 bits per heavy atom. The number of aryl methyl sites for hydroxylation is 1. The van der Waals surface area contributed by atoms with E-state index in [-0.39, 0.29) is 6.04 Å². The van der Waals surface area contributed by atoms with Crippen molar-refractivity contribution in [2.75, 3.05) is 12.4 Å². The van der Waals surface area contributed by atoms with Crippen molar-refractivity contribution in [2.45, 2.75) is 19.9 Å². The maximum atomic E-state index is 5.26. The Labute approximate surface area is 128 Å². The van der Waals surface area contributed by atoms with Crippen molar-refractivity contribution in [3.8, 4) is 5.75 Å². The van der Waals surface area contributed by atoms with Crippen molar-refractivity contribution in [2.24, 2.45) is 0 Å². The zero-order chi connectivity index (χ0) is 13.8. The molecule has 1 unspecified atom stereocenters. The molecule has 2 nitrogen and oxygen atoms in total. The van der Waals surface area contributed by atoms with Gasteiger partial charge in [-0.1, -0.05) is 18.2 Å². The summed E-state index contributed by atoms with van der Waals surface area (Å²) in [4.78, 5) is 0. The summed E-state index contributed by atoms with van der Waals surface area (Å²) in [5.41, 5.74) is 3.67. The Hall–Kier alpha value is -1.23. The largest absolute Gasteiger partial charge is 0.497 e. The maximum absolute atomic E-state index is 5.26. The second-order valence-corrected chi connectivity index (χ2v) is 5.77. The molecule has 19 heavy (non-hydrogen) atoms. The monoisotopic (exact) mass is 367 g/mol. The molecule has 0 radical (unpaired) electrons. The molecule has 0 fully saturated rings. The normalized spacial score (nSPS) is 12.0. The highest BCUT2D eigenvalue weighted by atomic mass is 127. The highest BCUT2D eigenvalue weighted by Gasteiger charge is 2.07. The number of ether oxygens (including phenoxy) is 1. The van der Waals surface area contributed by atoms with E-state index in [0.29, 0.717) is 0 Å². The Balaban J connectivity index is 2.15. The summed E-state index contributed by atoms with van der Waals surface area (Å²) >= 11 is 2.36. The Morgan fingerprint density at radius 1 is 1.16 bits per heavy atom. The van der Waals surface area contributed by atoms with Crippen LogP contribution in [-0.2, 0) is 0 Å². The molecule has 1 atom stereocenters. The minimum atomic E-state index is 0.244. The smallest absolute Gasteiger partial charge is 0.119 e. The highest BCUT2D eigenvalue weighted by molar-refractivity contribution is 14.1. The summed E-state index contributed by atoms with van der Waals surface area (Å²) < 4.78 is 6.54.